The van der Waals surface area contributed by atoms with Crippen molar-refractivity contribution in [3.63, 3.8) is 0 Å². The molecule has 0 nitrogen and oxygen atoms in total. The molecule has 0 fully saturated rings. The first-order valence-corrected chi connectivity index (χ1v) is 12.2. The van der Waals surface area contributed by atoms with Crippen LogP contribution in [0.2, 0.25) is 0 Å². The minimum atomic E-state index is -0.363. The van der Waals surface area contributed by atoms with Gasteiger partial charge in [-0.2, -0.15) is 0 Å². The largest absolute Gasteiger partial charge is 1.00 e. The van der Waals surface area contributed by atoms with Gasteiger partial charge in [0.05, 0.1) is 0 Å². The van der Waals surface area contributed by atoms with Crippen LogP contribution in [-0.4, -0.2) is 9.52 Å². The maximum Gasteiger partial charge on any atom is -1.00 e. The van der Waals surface area contributed by atoms with E-state index in [4.69, 9.17) is 0 Å². The smallest absolute Gasteiger partial charge is 1.00 e. The third-order valence-electron chi connectivity index (χ3n) is 6.49. The minimum absolute atomic E-state index is 0. The molecule has 0 unspecified atom stereocenters. The zero-order valence-electron chi connectivity index (χ0n) is 18.6. The molecule has 5 heteroatoms. The topological polar surface area (TPSA) is 0 Å². The molecule has 0 atom stereocenters. The zero-order chi connectivity index (χ0) is 18.7. The molecule has 1 aliphatic rings. The summed E-state index contributed by atoms with van der Waals surface area (Å²) < 4.78 is 1.66. The van der Waals surface area contributed by atoms with Gasteiger partial charge in [0.1, 0.15) is 0 Å². The molecule has 1 aliphatic carbocycles. The van der Waals surface area contributed by atoms with Crippen molar-refractivity contribution in [3.8, 4) is 0 Å². The van der Waals surface area contributed by atoms with Gasteiger partial charge >= 0.3 is 170 Å². The van der Waals surface area contributed by atoms with Crippen LogP contribution in [0.15, 0.2) is 20.2 Å². The van der Waals surface area contributed by atoms with E-state index in [1.807, 2.05) is 5.20 Å². The first kappa shape index (κ1) is 30.7. The van der Waals surface area contributed by atoms with Gasteiger partial charge in [-0.1, -0.05) is 0 Å². The fourth-order valence-electron chi connectivity index (χ4n) is 4.30. The molecule has 0 aromatic heterocycles. The first-order chi connectivity index (χ1) is 11.8. The monoisotopic (exact) mass is 492 g/mol. The Morgan fingerprint density at radius 3 is 1.75 bits per heavy atom. The van der Waals surface area contributed by atoms with Crippen LogP contribution in [0.5, 0.6) is 0 Å². The van der Waals surface area contributed by atoms with Gasteiger partial charge in [-0.25, -0.2) is 0 Å². The van der Waals surface area contributed by atoms with Crippen LogP contribution < -0.4 is 42.4 Å². The van der Waals surface area contributed by atoms with Crippen molar-refractivity contribution >= 4 is 14.7 Å². The van der Waals surface area contributed by atoms with E-state index in [-0.39, 0.29) is 46.7 Å². The number of benzene rings is 1. The second kappa shape index (κ2) is 13.7. The molecule has 0 saturated carbocycles. The Bertz CT molecular complexity index is 707. The maximum atomic E-state index is 2.41. The molecule has 0 saturated heterocycles. The summed E-state index contributed by atoms with van der Waals surface area (Å²) in [6.07, 6.45) is 7.91. The maximum absolute atomic E-state index is 2.41. The van der Waals surface area contributed by atoms with Crippen molar-refractivity contribution in [1.29, 1.82) is 0 Å². The van der Waals surface area contributed by atoms with Gasteiger partial charge in [-0.05, 0) is 0 Å². The van der Waals surface area contributed by atoms with E-state index in [0.717, 1.165) is 0 Å². The molecule has 0 bridgehead atoms. The Morgan fingerprint density at radius 2 is 1.29 bits per heavy atom. The second-order valence-electron chi connectivity index (χ2n) is 7.83. The number of hydrogen-bond acceptors (Lipinski definition) is 0. The van der Waals surface area contributed by atoms with Gasteiger partial charge in [0, 0.05) is 0 Å². The third kappa shape index (κ3) is 6.50. The normalized spacial score (nSPS) is 13.8. The van der Waals surface area contributed by atoms with E-state index >= 15 is 0 Å². The predicted octanol–water partition coefficient (Wildman–Crippen LogP) is -3.52. The van der Waals surface area contributed by atoms with Crippen LogP contribution >= 0.6 is 0 Å². The number of halogens is 3. The van der Waals surface area contributed by atoms with Crippen molar-refractivity contribution in [3.05, 3.63) is 48.0 Å². The Kier molecular flexibility index (Phi) is 15.1. The third-order valence-corrected chi connectivity index (χ3v) is 10.5. The van der Waals surface area contributed by atoms with E-state index < -0.39 is 0 Å². The Morgan fingerprint density at radius 1 is 0.786 bits per heavy atom. The van der Waals surface area contributed by atoms with Crippen LogP contribution in [0, 0.1) is 34.6 Å². The van der Waals surface area contributed by atoms with Crippen molar-refractivity contribution in [1.82, 2.24) is 0 Å². The number of hydrogen-bond donors (Lipinski definition) is 0. The molecule has 156 valence electrons. The molecule has 0 aliphatic heterocycles. The average molecular weight is 494 g/mol. The minimum Gasteiger partial charge on any atom is -1.00 e. The molecular weight excluding hydrogens is 459 g/mol. The summed E-state index contributed by atoms with van der Waals surface area (Å²) in [6, 6.07) is 0. The Balaban J connectivity index is 0. The van der Waals surface area contributed by atoms with Crippen LogP contribution in [0.3, 0.4) is 0 Å². The number of unbranched alkanes of at least 4 members (excludes halogenated alkanes) is 2. The zero-order valence-corrected chi connectivity index (χ0v) is 23.8. The fourth-order valence-corrected chi connectivity index (χ4v) is 7.71. The molecule has 1 aromatic carbocycles. The van der Waals surface area contributed by atoms with E-state index in [1.165, 1.54) is 55.2 Å². The first-order valence-electron chi connectivity index (χ1n) is 10.0. The summed E-state index contributed by atoms with van der Waals surface area (Å²) in [5.74, 6) is 0. The average Bonchev–Trinajstić information content (AvgIpc) is 2.90. The van der Waals surface area contributed by atoms with Gasteiger partial charge in [-0.3, -0.25) is 0 Å². The summed E-state index contributed by atoms with van der Waals surface area (Å²) in [4.78, 5) is 0. The van der Waals surface area contributed by atoms with Crippen LogP contribution in [0.25, 0.3) is 0 Å². The molecule has 28 heavy (non-hydrogen) atoms. The molecule has 0 N–H and O–H groups in total. The van der Waals surface area contributed by atoms with Gasteiger partial charge in [-0.15, -0.1) is 0 Å². The van der Waals surface area contributed by atoms with Gasteiger partial charge in [0.25, 0.3) is 0 Å². The summed E-state index contributed by atoms with van der Waals surface area (Å²) in [7, 11) is -0.363. The summed E-state index contributed by atoms with van der Waals surface area (Å²) in [6.45, 7) is 16.3. The molecule has 0 heterocycles. The van der Waals surface area contributed by atoms with Crippen molar-refractivity contribution in [2.24, 2.45) is 0 Å². The summed E-state index contributed by atoms with van der Waals surface area (Å²) in [5.41, 5.74) is 11.2. The summed E-state index contributed by atoms with van der Waals surface area (Å²) in [5, 5.41) is 3.54. The molecule has 0 spiro atoms. The predicted molar refractivity (Wildman–Crippen MR) is 111 cm³/mol. The fraction of sp³-hybridized carbons (Fsp3) is 0.565. The van der Waals surface area contributed by atoms with Gasteiger partial charge < -0.3 is 37.2 Å². The van der Waals surface area contributed by atoms with E-state index in [0.29, 0.717) is 0 Å². The Labute approximate surface area is 206 Å². The van der Waals surface area contributed by atoms with E-state index in [2.05, 4.69) is 68.9 Å². The summed E-state index contributed by atoms with van der Waals surface area (Å²) >= 11 is 2.41. The quantitative estimate of drug-likeness (QED) is 0.273. The molecule has 0 radical (unpaired) electrons. The van der Waals surface area contributed by atoms with Crippen LogP contribution in [0.1, 0.15) is 80.2 Å². The Hall–Kier alpha value is 0.501. The van der Waals surface area contributed by atoms with E-state index in [9.17, 15) is 0 Å². The molecule has 0 amide bonds. The van der Waals surface area contributed by atoms with Crippen molar-refractivity contribution in [2.75, 3.05) is 0 Å². The van der Waals surface area contributed by atoms with Gasteiger partial charge in [0.2, 0.25) is 0 Å². The standard InChI is InChI=1S/C23H35Si.3ClH.Ti/c1-8-10-11-12-21-14-22(13-20(21)9-2)24-23-18(6)16(4)15(3)17(5)19(23)7;;;;/h8-12,14,24H2,1-7H3;3*1H;/q;;;;+3/p-3. The molecular formula is C23H35Cl3SiTi. The van der Waals surface area contributed by atoms with E-state index in [1.54, 1.807) is 31.3 Å². The van der Waals surface area contributed by atoms with Crippen LogP contribution in [0.4, 0.5) is 0 Å². The SMILES string of the molecule is CCCCCC1=C(CC)[C]([Ti+3])=C([SiH2]c2c(C)c(C)c(C)c(C)c2C)C1.[Cl-].[Cl-].[Cl-]. The number of rotatable bonds is 7. The van der Waals surface area contributed by atoms with Gasteiger partial charge in [0.15, 0.2) is 0 Å². The molecule has 2 rings (SSSR count). The van der Waals surface area contributed by atoms with Crippen LogP contribution in [-0.2, 0) is 20.4 Å². The molecule has 1 aromatic rings. The van der Waals surface area contributed by atoms with Crippen molar-refractivity contribution in [2.45, 2.75) is 87.0 Å². The second-order valence-corrected chi connectivity index (χ2v) is 10.5. The number of allylic oxidation sites excluding steroid dienone is 4. The van der Waals surface area contributed by atoms with Crippen molar-refractivity contribution < 1.29 is 57.7 Å².